The van der Waals surface area contributed by atoms with E-state index in [0.717, 1.165) is 12.4 Å². The van der Waals surface area contributed by atoms with Crippen LogP contribution in [-0.2, 0) is 0 Å². The number of pyridine rings is 1. The van der Waals surface area contributed by atoms with Crippen molar-refractivity contribution in [1.29, 1.82) is 0 Å². The third kappa shape index (κ3) is 2.03. The molecule has 3 aliphatic rings. The summed E-state index contributed by atoms with van der Waals surface area (Å²) in [5.74, 6) is 0.986. The van der Waals surface area contributed by atoms with Crippen LogP contribution in [0.15, 0.2) is 24.4 Å². The van der Waals surface area contributed by atoms with E-state index in [1.54, 1.807) is 0 Å². The molecule has 0 spiro atoms. The molecule has 0 aromatic carbocycles. The molecule has 3 saturated heterocycles. The van der Waals surface area contributed by atoms with Crippen LogP contribution in [0.1, 0.15) is 0 Å². The lowest BCUT2D eigenvalue weighted by Gasteiger charge is -2.47. The van der Waals surface area contributed by atoms with Crippen LogP contribution in [0.25, 0.3) is 0 Å². The fourth-order valence-electron chi connectivity index (χ4n) is 2.61. The van der Waals surface area contributed by atoms with Crippen molar-refractivity contribution < 1.29 is 0 Å². The zero-order valence-corrected chi connectivity index (χ0v) is 9.47. The molecule has 1 aromatic heterocycles. The molecule has 4 rings (SSSR count). The predicted octanol–water partition coefficient (Wildman–Crippen LogP) is 0.493. The molecule has 0 radical (unpaired) electrons. The second-order valence-electron chi connectivity index (χ2n) is 4.59. The number of nitrogens with one attached hydrogen (secondary N) is 1. The topological polar surface area (TPSA) is 31.4 Å². The van der Waals surface area contributed by atoms with Crippen molar-refractivity contribution in [2.24, 2.45) is 0 Å². The summed E-state index contributed by atoms with van der Waals surface area (Å²) in [6, 6.07) is 6.65. The largest absolute Gasteiger partial charge is 0.368 e. The minimum absolute atomic E-state index is 0.657. The lowest BCUT2D eigenvalue weighted by molar-refractivity contribution is 0.0189. The fourth-order valence-corrected chi connectivity index (χ4v) is 2.61. The van der Waals surface area contributed by atoms with Gasteiger partial charge in [-0.05, 0) is 12.1 Å². The average Bonchev–Trinajstić information content (AvgIpc) is 2.39. The van der Waals surface area contributed by atoms with Gasteiger partial charge in [0.25, 0.3) is 0 Å². The molecule has 3 fully saturated rings. The Balaban J connectivity index is 1.56. The van der Waals surface area contributed by atoms with Crippen LogP contribution in [0.3, 0.4) is 0 Å². The van der Waals surface area contributed by atoms with Gasteiger partial charge in [0.2, 0.25) is 0 Å². The zero-order chi connectivity index (χ0) is 10.8. The molecule has 1 atom stereocenters. The lowest BCUT2D eigenvalue weighted by Crippen LogP contribution is -2.62. The van der Waals surface area contributed by atoms with Crippen molar-refractivity contribution in [2.75, 3.05) is 44.6 Å². The standard InChI is InChI=1S/C12H18N4/c1-2-4-13-12(3-1)14-9-11-10-15-5-7-16(11)8-6-15/h1-4,11H,5-10H2,(H,13,14). The second kappa shape index (κ2) is 4.39. The number of hydrogen-bond acceptors (Lipinski definition) is 4. The van der Waals surface area contributed by atoms with E-state index in [4.69, 9.17) is 0 Å². The summed E-state index contributed by atoms with van der Waals surface area (Å²) in [5, 5.41) is 3.42. The zero-order valence-electron chi connectivity index (χ0n) is 9.47. The van der Waals surface area contributed by atoms with Crippen molar-refractivity contribution in [1.82, 2.24) is 14.8 Å². The van der Waals surface area contributed by atoms with Crippen LogP contribution in [-0.4, -0.2) is 60.1 Å². The first-order chi connectivity index (χ1) is 7.92. The summed E-state index contributed by atoms with van der Waals surface area (Å²) in [4.78, 5) is 9.44. The molecule has 86 valence electrons. The summed E-state index contributed by atoms with van der Waals surface area (Å²) in [7, 11) is 0. The van der Waals surface area contributed by atoms with Gasteiger partial charge in [0.15, 0.2) is 0 Å². The van der Waals surface area contributed by atoms with Crippen LogP contribution in [0.4, 0.5) is 5.82 Å². The first-order valence-corrected chi connectivity index (χ1v) is 6.03. The highest BCUT2D eigenvalue weighted by Crippen LogP contribution is 2.15. The van der Waals surface area contributed by atoms with E-state index in [0.29, 0.717) is 6.04 Å². The van der Waals surface area contributed by atoms with Crippen LogP contribution in [0, 0.1) is 0 Å². The first kappa shape index (κ1) is 10.1. The van der Waals surface area contributed by atoms with Crippen LogP contribution in [0.5, 0.6) is 0 Å². The van der Waals surface area contributed by atoms with Gasteiger partial charge in [-0.25, -0.2) is 4.98 Å². The quantitative estimate of drug-likeness (QED) is 0.800. The summed E-state index contributed by atoms with van der Waals surface area (Å²) >= 11 is 0. The smallest absolute Gasteiger partial charge is 0.125 e. The summed E-state index contributed by atoms with van der Waals surface area (Å²) < 4.78 is 0. The Morgan fingerprint density at radius 3 is 2.75 bits per heavy atom. The number of anilines is 1. The molecule has 4 nitrogen and oxygen atoms in total. The third-order valence-electron chi connectivity index (χ3n) is 3.58. The number of rotatable bonds is 3. The summed E-state index contributed by atoms with van der Waals surface area (Å²) in [6.45, 7) is 7.18. The van der Waals surface area contributed by atoms with Crippen LogP contribution >= 0.6 is 0 Å². The maximum Gasteiger partial charge on any atom is 0.125 e. The minimum Gasteiger partial charge on any atom is -0.368 e. The highest BCUT2D eigenvalue weighted by molar-refractivity contribution is 5.33. The summed E-state index contributed by atoms with van der Waals surface area (Å²) in [6.07, 6.45) is 1.83. The van der Waals surface area contributed by atoms with E-state index in [-0.39, 0.29) is 0 Å². The van der Waals surface area contributed by atoms with E-state index in [2.05, 4.69) is 20.1 Å². The van der Waals surface area contributed by atoms with E-state index in [1.165, 1.54) is 32.7 Å². The third-order valence-corrected chi connectivity index (χ3v) is 3.58. The van der Waals surface area contributed by atoms with E-state index in [1.807, 2.05) is 24.4 Å². The molecule has 1 aromatic rings. The van der Waals surface area contributed by atoms with Crippen molar-refractivity contribution in [3.05, 3.63) is 24.4 Å². The molecule has 0 amide bonds. The molecule has 4 heterocycles. The Bertz CT molecular complexity index is 332. The maximum atomic E-state index is 4.28. The van der Waals surface area contributed by atoms with Crippen molar-refractivity contribution in [3.8, 4) is 0 Å². The lowest BCUT2D eigenvalue weighted by atomic mass is 10.1. The SMILES string of the molecule is c1ccc(NCC2CN3CCN2CC3)nc1. The maximum absolute atomic E-state index is 4.28. The normalized spacial score (nSPS) is 32.6. The highest BCUT2D eigenvalue weighted by Gasteiger charge is 2.31. The average molecular weight is 218 g/mol. The Morgan fingerprint density at radius 2 is 2.12 bits per heavy atom. The molecule has 0 aliphatic carbocycles. The van der Waals surface area contributed by atoms with Crippen LogP contribution in [0.2, 0.25) is 0 Å². The van der Waals surface area contributed by atoms with Crippen molar-refractivity contribution in [3.63, 3.8) is 0 Å². The van der Waals surface area contributed by atoms with Crippen LogP contribution < -0.4 is 5.32 Å². The predicted molar refractivity (Wildman–Crippen MR) is 64.5 cm³/mol. The van der Waals surface area contributed by atoms with Gasteiger partial charge >= 0.3 is 0 Å². The second-order valence-corrected chi connectivity index (χ2v) is 4.59. The van der Waals surface area contributed by atoms with Gasteiger partial charge in [0, 0.05) is 51.5 Å². The fraction of sp³-hybridized carbons (Fsp3) is 0.583. The van der Waals surface area contributed by atoms with Gasteiger partial charge in [0.1, 0.15) is 5.82 Å². The number of fused-ring (bicyclic) bond motifs is 3. The molecule has 1 unspecified atom stereocenters. The molecule has 4 heteroatoms. The highest BCUT2D eigenvalue weighted by atomic mass is 15.3. The van der Waals surface area contributed by atoms with Crippen molar-refractivity contribution >= 4 is 5.82 Å². The van der Waals surface area contributed by atoms with Gasteiger partial charge in [-0.15, -0.1) is 0 Å². The van der Waals surface area contributed by atoms with E-state index in [9.17, 15) is 0 Å². The number of nitrogens with zero attached hydrogens (tertiary/aromatic N) is 3. The first-order valence-electron chi connectivity index (χ1n) is 6.03. The molecular weight excluding hydrogens is 200 g/mol. The monoisotopic (exact) mass is 218 g/mol. The van der Waals surface area contributed by atoms with Gasteiger partial charge in [0.05, 0.1) is 0 Å². The number of aromatic nitrogens is 1. The summed E-state index contributed by atoms with van der Waals surface area (Å²) in [5.41, 5.74) is 0. The molecule has 2 bridgehead atoms. The molecule has 16 heavy (non-hydrogen) atoms. The molecule has 0 saturated carbocycles. The minimum atomic E-state index is 0.657. The Hall–Kier alpha value is -1.13. The van der Waals surface area contributed by atoms with Crippen molar-refractivity contribution in [2.45, 2.75) is 6.04 Å². The van der Waals surface area contributed by atoms with Gasteiger partial charge in [-0.2, -0.15) is 0 Å². The Labute approximate surface area is 96.3 Å². The number of hydrogen-bond donors (Lipinski definition) is 1. The molecule has 3 aliphatic heterocycles. The molecule has 1 N–H and O–H groups in total. The Morgan fingerprint density at radius 1 is 1.25 bits per heavy atom. The van der Waals surface area contributed by atoms with Gasteiger partial charge < -0.3 is 5.32 Å². The van der Waals surface area contributed by atoms with Gasteiger partial charge in [-0.3, -0.25) is 9.80 Å². The Kier molecular flexibility index (Phi) is 2.76. The van der Waals surface area contributed by atoms with E-state index >= 15 is 0 Å². The number of piperazine rings is 3. The van der Waals surface area contributed by atoms with E-state index < -0.39 is 0 Å². The molecular formula is C12H18N4. The van der Waals surface area contributed by atoms with Gasteiger partial charge in [-0.1, -0.05) is 6.07 Å².